The highest BCUT2D eigenvalue weighted by Gasteiger charge is 2.28. The summed E-state index contributed by atoms with van der Waals surface area (Å²) in [4.78, 5) is 17.2. The van der Waals surface area contributed by atoms with Crippen molar-refractivity contribution in [3.63, 3.8) is 0 Å². The van der Waals surface area contributed by atoms with Gasteiger partial charge in [-0.15, -0.1) is 0 Å². The van der Waals surface area contributed by atoms with E-state index in [0.717, 1.165) is 22.8 Å². The molecule has 130 valence electrons. The third-order valence-corrected chi connectivity index (χ3v) is 7.48. The normalized spacial score (nSPS) is 19.9. The van der Waals surface area contributed by atoms with Crippen molar-refractivity contribution >= 4 is 49.6 Å². The molecule has 2 heterocycles. The fraction of sp³-hybridized carbons (Fsp3) is 0.467. The highest BCUT2D eigenvalue weighted by molar-refractivity contribution is 8.39. The maximum atomic E-state index is 12.0. The number of hydrogen-bond donors (Lipinski definition) is 0. The summed E-state index contributed by atoms with van der Waals surface area (Å²) in [6.45, 7) is 2.27. The van der Waals surface area contributed by atoms with E-state index in [4.69, 9.17) is 4.74 Å². The van der Waals surface area contributed by atoms with Gasteiger partial charge >= 0.3 is 5.97 Å². The summed E-state index contributed by atoms with van der Waals surface area (Å²) in [6.07, 6.45) is 2.13. The van der Waals surface area contributed by atoms with Crippen molar-refractivity contribution in [1.82, 2.24) is 0 Å². The van der Waals surface area contributed by atoms with Crippen LogP contribution in [0.5, 0.6) is 0 Å². The number of thioether (sulfide) groups is 2. The van der Waals surface area contributed by atoms with Gasteiger partial charge in [-0.3, -0.25) is 9.30 Å². The van der Waals surface area contributed by atoms with Crippen molar-refractivity contribution < 1.29 is 17.9 Å². The summed E-state index contributed by atoms with van der Waals surface area (Å²) in [5.41, 5.74) is 1.75. The van der Waals surface area contributed by atoms with Crippen LogP contribution in [-0.4, -0.2) is 43.9 Å². The third-order valence-electron chi connectivity index (χ3n) is 3.96. The van der Waals surface area contributed by atoms with Crippen LogP contribution in [0.15, 0.2) is 22.0 Å². The maximum absolute atomic E-state index is 12.0. The van der Waals surface area contributed by atoms with Gasteiger partial charge in [-0.25, -0.2) is 13.2 Å². The first-order chi connectivity index (χ1) is 11.3. The monoisotopic (exact) mass is 386 g/mol. The number of sulfonamides is 1. The zero-order valence-electron chi connectivity index (χ0n) is 13.6. The number of carbonyl (C=O) groups is 1. The molecular formula is C15H18N2O4S3. The second kappa shape index (κ2) is 6.61. The van der Waals surface area contributed by atoms with E-state index in [2.05, 4.69) is 11.9 Å². The number of carbonyl (C=O) groups excluding carboxylic acids is 1. The van der Waals surface area contributed by atoms with E-state index >= 15 is 0 Å². The van der Waals surface area contributed by atoms with Gasteiger partial charge in [0.05, 0.1) is 23.5 Å². The van der Waals surface area contributed by atoms with Crippen LogP contribution >= 0.6 is 23.5 Å². The molecule has 0 fully saturated rings. The first kappa shape index (κ1) is 17.6. The Labute approximate surface area is 150 Å². The Hall–Kier alpha value is -1.19. The molecule has 0 aliphatic carbocycles. The van der Waals surface area contributed by atoms with Gasteiger partial charge in [-0.1, -0.05) is 30.4 Å². The van der Waals surface area contributed by atoms with Crippen LogP contribution < -0.4 is 4.31 Å². The first-order valence-corrected chi connectivity index (χ1v) is 11.1. The Balaban J connectivity index is 2.03. The zero-order valence-corrected chi connectivity index (χ0v) is 16.1. The molecule has 0 aromatic heterocycles. The number of rotatable bonds is 4. The zero-order chi connectivity index (χ0) is 17.5. The first-order valence-electron chi connectivity index (χ1n) is 7.46. The lowest BCUT2D eigenvalue weighted by Crippen LogP contribution is -2.25. The van der Waals surface area contributed by atoms with Gasteiger partial charge in [0.1, 0.15) is 11.0 Å². The predicted molar refractivity (Wildman–Crippen MR) is 98.6 cm³/mol. The Morgan fingerprint density at radius 3 is 2.83 bits per heavy atom. The topological polar surface area (TPSA) is 76.0 Å². The lowest BCUT2D eigenvalue weighted by atomic mass is 10.1. The molecule has 0 radical (unpaired) electrons. The molecule has 1 aromatic carbocycles. The summed E-state index contributed by atoms with van der Waals surface area (Å²) in [5, 5.41) is 0. The molecule has 6 nitrogen and oxygen atoms in total. The van der Waals surface area contributed by atoms with Crippen LogP contribution in [0.3, 0.4) is 0 Å². The van der Waals surface area contributed by atoms with Crippen LogP contribution in [0.25, 0.3) is 0 Å². The van der Waals surface area contributed by atoms with Gasteiger partial charge < -0.3 is 4.74 Å². The number of aliphatic imine (C=N–C) groups is 1. The Bertz CT molecular complexity index is 820. The van der Waals surface area contributed by atoms with Crippen LogP contribution in [0.2, 0.25) is 0 Å². The molecule has 0 N–H and O–H groups in total. The molecule has 0 spiro atoms. The second-order valence-corrected chi connectivity index (χ2v) is 9.97. The number of ether oxygens (including phenoxy) is 1. The largest absolute Gasteiger partial charge is 0.457 e. The number of nitrogens with zero attached hydrogens (tertiary/aromatic N) is 2. The second-order valence-electron chi connectivity index (χ2n) is 5.65. The van der Waals surface area contributed by atoms with Crippen molar-refractivity contribution in [3.05, 3.63) is 23.3 Å². The molecule has 9 heteroatoms. The predicted octanol–water partition coefficient (Wildman–Crippen LogP) is 2.73. The summed E-state index contributed by atoms with van der Waals surface area (Å²) < 4.78 is 31.1. The summed E-state index contributed by atoms with van der Waals surface area (Å²) in [5.74, 6) is 0.566. The van der Waals surface area contributed by atoms with E-state index in [0.29, 0.717) is 27.8 Å². The number of benzene rings is 1. The van der Waals surface area contributed by atoms with Crippen molar-refractivity contribution in [3.8, 4) is 0 Å². The van der Waals surface area contributed by atoms with Gasteiger partial charge in [-0.2, -0.15) is 0 Å². The van der Waals surface area contributed by atoms with Crippen molar-refractivity contribution in [1.29, 1.82) is 0 Å². The summed E-state index contributed by atoms with van der Waals surface area (Å²) in [7, 11) is -1.90. The van der Waals surface area contributed by atoms with Crippen molar-refractivity contribution in [2.75, 3.05) is 23.4 Å². The minimum atomic E-state index is -3.41. The lowest BCUT2D eigenvalue weighted by molar-refractivity contribution is 0.0535. The number of hydrogen-bond acceptors (Lipinski definition) is 7. The number of esters is 1. The molecule has 0 saturated heterocycles. The summed E-state index contributed by atoms with van der Waals surface area (Å²) >= 11 is 3.07. The van der Waals surface area contributed by atoms with Crippen LogP contribution in [0.1, 0.15) is 29.3 Å². The Morgan fingerprint density at radius 2 is 2.21 bits per heavy atom. The van der Waals surface area contributed by atoms with Crippen molar-refractivity contribution in [2.24, 2.45) is 4.99 Å². The van der Waals surface area contributed by atoms with Gasteiger partial charge in [0.2, 0.25) is 10.0 Å². The average Bonchev–Trinajstić information content (AvgIpc) is 3.12. The standard InChI is InChI=1S/C15H18N2O4S3/c1-4-10-8-22-15(16-10)23-13-6-11-9(7-21-14(11)18)5-12(13)17(2)24(3,19)20/h5-6,10H,4,7-8H2,1-3H3. The summed E-state index contributed by atoms with van der Waals surface area (Å²) in [6, 6.07) is 3.74. The maximum Gasteiger partial charge on any atom is 0.338 e. The van der Waals surface area contributed by atoms with E-state index in [-0.39, 0.29) is 12.6 Å². The van der Waals surface area contributed by atoms with E-state index in [1.807, 2.05) is 0 Å². The highest BCUT2D eigenvalue weighted by atomic mass is 32.2. The van der Waals surface area contributed by atoms with Gasteiger partial charge in [-0.05, 0) is 18.6 Å². The Kier molecular flexibility index (Phi) is 4.85. The quantitative estimate of drug-likeness (QED) is 0.741. The number of fused-ring (bicyclic) bond motifs is 1. The number of anilines is 1. The van der Waals surface area contributed by atoms with Crippen LogP contribution in [-0.2, 0) is 21.4 Å². The SMILES string of the molecule is CCC1CSC(Sc2cc3c(cc2N(C)S(C)(=O)=O)COC3=O)=N1. The lowest BCUT2D eigenvalue weighted by Gasteiger charge is -2.20. The number of cyclic esters (lactones) is 1. The van der Waals surface area contributed by atoms with E-state index in [1.165, 1.54) is 23.1 Å². The molecule has 0 amide bonds. The molecule has 1 aromatic rings. The highest BCUT2D eigenvalue weighted by Crippen LogP contribution is 2.40. The van der Waals surface area contributed by atoms with Crippen LogP contribution in [0, 0.1) is 0 Å². The molecule has 0 bridgehead atoms. The molecule has 0 saturated carbocycles. The average molecular weight is 387 g/mol. The van der Waals surface area contributed by atoms with E-state index < -0.39 is 10.0 Å². The van der Waals surface area contributed by atoms with Crippen LogP contribution in [0.4, 0.5) is 5.69 Å². The third kappa shape index (κ3) is 3.43. The molecular weight excluding hydrogens is 368 g/mol. The fourth-order valence-electron chi connectivity index (χ4n) is 2.40. The van der Waals surface area contributed by atoms with E-state index in [1.54, 1.807) is 23.9 Å². The molecule has 24 heavy (non-hydrogen) atoms. The Morgan fingerprint density at radius 1 is 1.46 bits per heavy atom. The van der Waals surface area contributed by atoms with Gasteiger partial charge in [0, 0.05) is 23.3 Å². The van der Waals surface area contributed by atoms with E-state index in [9.17, 15) is 13.2 Å². The van der Waals surface area contributed by atoms with Gasteiger partial charge in [0.25, 0.3) is 0 Å². The smallest absolute Gasteiger partial charge is 0.338 e. The molecule has 1 unspecified atom stereocenters. The molecule has 3 rings (SSSR count). The van der Waals surface area contributed by atoms with Gasteiger partial charge in [0.15, 0.2) is 0 Å². The molecule has 1 atom stereocenters. The fourth-order valence-corrected chi connectivity index (χ4v) is 5.41. The van der Waals surface area contributed by atoms with Crippen molar-refractivity contribution in [2.45, 2.75) is 30.9 Å². The minimum Gasteiger partial charge on any atom is -0.457 e. The molecule has 2 aliphatic rings. The molecule has 2 aliphatic heterocycles. The minimum absolute atomic E-state index is 0.178.